The van der Waals surface area contributed by atoms with Crippen LogP contribution >= 0.6 is 0 Å². The molecule has 1 aliphatic carbocycles. The molecule has 0 bridgehead atoms. The Morgan fingerprint density at radius 1 is 1.47 bits per heavy atom. The number of nitrogens with two attached hydrogens (primary N) is 1. The molecule has 1 aromatic rings. The van der Waals surface area contributed by atoms with Gasteiger partial charge in [-0.25, -0.2) is 4.98 Å². The molecular weight excluding hydrogens is 238 g/mol. The van der Waals surface area contributed by atoms with Gasteiger partial charge >= 0.3 is 0 Å². The van der Waals surface area contributed by atoms with E-state index in [1.54, 1.807) is 7.11 Å². The monoisotopic (exact) mass is 265 g/mol. The molecule has 2 N–H and O–H groups in total. The van der Waals surface area contributed by atoms with E-state index in [0.29, 0.717) is 11.3 Å². The highest BCUT2D eigenvalue weighted by Gasteiger charge is 2.42. The second kappa shape index (κ2) is 6.06. The summed E-state index contributed by atoms with van der Waals surface area (Å²) < 4.78 is 7.48. The number of aromatic nitrogens is 2. The molecule has 1 aromatic heterocycles. The first-order valence-electron chi connectivity index (χ1n) is 7.31. The van der Waals surface area contributed by atoms with E-state index in [-0.39, 0.29) is 6.04 Å². The molecule has 4 nitrogen and oxygen atoms in total. The molecule has 0 radical (unpaired) electrons. The Labute approximate surface area is 116 Å². The molecule has 0 amide bonds. The van der Waals surface area contributed by atoms with E-state index >= 15 is 0 Å². The summed E-state index contributed by atoms with van der Waals surface area (Å²) in [5.74, 6) is 0.613. The van der Waals surface area contributed by atoms with E-state index in [2.05, 4.69) is 23.4 Å². The highest BCUT2D eigenvalue weighted by atomic mass is 16.5. The smallest absolute Gasteiger partial charge is 0.0948 e. The lowest BCUT2D eigenvalue weighted by molar-refractivity contribution is 0.166. The van der Waals surface area contributed by atoms with Crippen molar-refractivity contribution in [2.75, 3.05) is 13.7 Å². The van der Waals surface area contributed by atoms with Gasteiger partial charge < -0.3 is 15.0 Å². The van der Waals surface area contributed by atoms with Crippen molar-refractivity contribution in [1.29, 1.82) is 0 Å². The number of ether oxygens (including phenoxy) is 1. The summed E-state index contributed by atoms with van der Waals surface area (Å²) in [5, 5.41) is 0. The summed E-state index contributed by atoms with van der Waals surface area (Å²) in [6.45, 7) is 6.31. The van der Waals surface area contributed by atoms with E-state index in [4.69, 9.17) is 10.5 Å². The van der Waals surface area contributed by atoms with Crippen molar-refractivity contribution in [3.8, 4) is 0 Å². The van der Waals surface area contributed by atoms with Gasteiger partial charge in [0.25, 0.3) is 0 Å². The molecule has 0 aromatic carbocycles. The Kier molecular flexibility index (Phi) is 4.63. The third-order valence-corrected chi connectivity index (χ3v) is 4.15. The van der Waals surface area contributed by atoms with E-state index < -0.39 is 0 Å². The van der Waals surface area contributed by atoms with Crippen LogP contribution in [0.15, 0.2) is 12.5 Å². The number of nitrogens with zero attached hydrogens (tertiary/aromatic N) is 2. The molecule has 2 rings (SSSR count). The van der Waals surface area contributed by atoms with E-state index in [1.165, 1.54) is 18.5 Å². The molecule has 0 aliphatic heterocycles. The first-order chi connectivity index (χ1) is 9.06. The molecule has 19 heavy (non-hydrogen) atoms. The molecular formula is C15H27N3O. The van der Waals surface area contributed by atoms with Crippen LogP contribution in [-0.4, -0.2) is 23.3 Å². The summed E-state index contributed by atoms with van der Waals surface area (Å²) >= 11 is 0. The van der Waals surface area contributed by atoms with E-state index in [0.717, 1.165) is 26.0 Å². The van der Waals surface area contributed by atoms with Crippen LogP contribution < -0.4 is 5.73 Å². The number of hydrogen-bond acceptors (Lipinski definition) is 3. The zero-order valence-corrected chi connectivity index (χ0v) is 12.4. The molecule has 1 heterocycles. The highest BCUT2D eigenvalue weighted by Crippen LogP contribution is 2.50. The fraction of sp³-hybridized carbons (Fsp3) is 0.800. The maximum absolute atomic E-state index is 6.30. The second-order valence-electron chi connectivity index (χ2n) is 6.43. The lowest BCUT2D eigenvalue weighted by atomic mass is 10.0. The van der Waals surface area contributed by atoms with E-state index in [1.807, 2.05) is 12.5 Å². The van der Waals surface area contributed by atoms with Gasteiger partial charge in [-0.3, -0.25) is 0 Å². The highest BCUT2D eigenvalue weighted by molar-refractivity contribution is 5.07. The van der Waals surface area contributed by atoms with Crippen molar-refractivity contribution in [3.05, 3.63) is 18.2 Å². The fourth-order valence-electron chi connectivity index (χ4n) is 2.74. The van der Waals surface area contributed by atoms with Crippen LogP contribution in [0.3, 0.4) is 0 Å². The zero-order chi connectivity index (χ0) is 13.9. The summed E-state index contributed by atoms with van der Waals surface area (Å²) in [5.41, 5.74) is 7.91. The Morgan fingerprint density at radius 3 is 2.79 bits per heavy atom. The molecule has 1 atom stereocenters. The predicted octanol–water partition coefficient (Wildman–Crippen LogP) is 2.75. The SMILES string of the molecule is COCCC1(Cn2cncc2C(N)CC(C)C)CC1. The van der Waals surface area contributed by atoms with Crippen molar-refractivity contribution in [2.45, 2.75) is 52.1 Å². The molecule has 1 aliphatic rings. The second-order valence-corrected chi connectivity index (χ2v) is 6.43. The van der Waals surface area contributed by atoms with Gasteiger partial charge in [0.1, 0.15) is 0 Å². The van der Waals surface area contributed by atoms with Gasteiger partial charge in [0, 0.05) is 32.5 Å². The van der Waals surface area contributed by atoms with Gasteiger partial charge in [0.2, 0.25) is 0 Å². The molecule has 4 heteroatoms. The first kappa shape index (κ1) is 14.5. The van der Waals surface area contributed by atoms with Gasteiger partial charge in [-0.2, -0.15) is 0 Å². The summed E-state index contributed by atoms with van der Waals surface area (Å²) in [4.78, 5) is 4.29. The molecule has 1 fully saturated rings. The maximum atomic E-state index is 6.30. The van der Waals surface area contributed by atoms with Gasteiger partial charge in [0.15, 0.2) is 0 Å². The number of hydrogen-bond donors (Lipinski definition) is 1. The lowest BCUT2D eigenvalue weighted by Gasteiger charge is -2.20. The van der Waals surface area contributed by atoms with Crippen LogP contribution in [0.2, 0.25) is 0 Å². The summed E-state index contributed by atoms with van der Waals surface area (Å²) in [6, 6.07) is 0.0979. The zero-order valence-electron chi connectivity index (χ0n) is 12.4. The molecule has 0 spiro atoms. The van der Waals surface area contributed by atoms with Crippen LogP contribution in [0.25, 0.3) is 0 Å². The summed E-state index contributed by atoms with van der Waals surface area (Å²) in [7, 11) is 1.78. The normalized spacial score (nSPS) is 18.8. The first-order valence-corrected chi connectivity index (χ1v) is 7.31. The fourth-order valence-corrected chi connectivity index (χ4v) is 2.74. The van der Waals surface area contributed by atoms with Crippen LogP contribution in [0.1, 0.15) is 51.3 Å². The van der Waals surface area contributed by atoms with Crippen LogP contribution in [0.4, 0.5) is 0 Å². The number of methoxy groups -OCH3 is 1. The Bertz CT molecular complexity index is 396. The van der Waals surface area contributed by atoms with Crippen molar-refractivity contribution in [1.82, 2.24) is 9.55 Å². The van der Waals surface area contributed by atoms with Gasteiger partial charge in [0.05, 0.1) is 12.0 Å². The Morgan fingerprint density at radius 2 is 2.21 bits per heavy atom. The van der Waals surface area contributed by atoms with Crippen LogP contribution in [-0.2, 0) is 11.3 Å². The minimum Gasteiger partial charge on any atom is -0.385 e. The molecule has 1 saturated carbocycles. The Hall–Kier alpha value is -0.870. The number of imidazole rings is 1. The molecule has 108 valence electrons. The minimum atomic E-state index is 0.0979. The van der Waals surface area contributed by atoms with Crippen molar-refractivity contribution in [2.24, 2.45) is 17.1 Å². The van der Waals surface area contributed by atoms with E-state index in [9.17, 15) is 0 Å². The average molecular weight is 265 g/mol. The summed E-state index contributed by atoms with van der Waals surface area (Å²) in [6.07, 6.45) is 8.61. The van der Waals surface area contributed by atoms with Crippen molar-refractivity contribution >= 4 is 0 Å². The largest absolute Gasteiger partial charge is 0.385 e. The maximum Gasteiger partial charge on any atom is 0.0948 e. The van der Waals surface area contributed by atoms with Crippen molar-refractivity contribution < 1.29 is 4.74 Å². The van der Waals surface area contributed by atoms with Gasteiger partial charge in [-0.05, 0) is 37.0 Å². The third-order valence-electron chi connectivity index (χ3n) is 4.15. The van der Waals surface area contributed by atoms with Crippen LogP contribution in [0.5, 0.6) is 0 Å². The standard InChI is InChI=1S/C15H27N3O/c1-12(2)8-13(16)14-9-17-11-18(14)10-15(4-5-15)6-7-19-3/h9,11-13H,4-8,10,16H2,1-3H3. The average Bonchev–Trinajstić information content (AvgIpc) is 2.94. The molecule has 0 saturated heterocycles. The quantitative estimate of drug-likeness (QED) is 0.786. The topological polar surface area (TPSA) is 53.1 Å². The van der Waals surface area contributed by atoms with Crippen LogP contribution in [0, 0.1) is 11.3 Å². The van der Waals surface area contributed by atoms with Crippen molar-refractivity contribution in [3.63, 3.8) is 0 Å². The third kappa shape index (κ3) is 3.80. The minimum absolute atomic E-state index is 0.0979. The number of rotatable bonds is 8. The molecule has 1 unspecified atom stereocenters. The Balaban J connectivity index is 1.99. The van der Waals surface area contributed by atoms with Gasteiger partial charge in [-0.15, -0.1) is 0 Å². The predicted molar refractivity (Wildman–Crippen MR) is 76.8 cm³/mol. The lowest BCUT2D eigenvalue weighted by Crippen LogP contribution is -2.21. The van der Waals surface area contributed by atoms with Gasteiger partial charge in [-0.1, -0.05) is 13.8 Å².